The second-order valence-corrected chi connectivity index (χ2v) is 6.57. The zero-order valence-corrected chi connectivity index (χ0v) is 15.3. The number of hydrogen-bond acceptors (Lipinski definition) is 3. The molecule has 2 aromatic rings. The van der Waals surface area contributed by atoms with Crippen molar-refractivity contribution in [3.05, 3.63) is 42.1 Å². The van der Waals surface area contributed by atoms with Crippen molar-refractivity contribution in [2.75, 3.05) is 6.61 Å². The lowest BCUT2D eigenvalue weighted by Crippen LogP contribution is -2.07. The summed E-state index contributed by atoms with van der Waals surface area (Å²) >= 11 is 0. The van der Waals surface area contributed by atoms with E-state index < -0.39 is 0 Å². The van der Waals surface area contributed by atoms with Crippen LogP contribution in [0.4, 0.5) is 0 Å². The first-order chi connectivity index (χ1) is 11.7. The normalized spacial score (nSPS) is 12.1. The lowest BCUT2D eigenvalue weighted by atomic mass is 10.1. The molecule has 1 atom stereocenters. The molecular weight excluding hydrogens is 296 g/mol. The number of nitrogens with zero attached hydrogens (tertiary/aromatic N) is 2. The molecule has 0 fully saturated rings. The monoisotopic (exact) mass is 326 g/mol. The highest BCUT2D eigenvalue weighted by atomic mass is 16.5. The minimum absolute atomic E-state index is 0.584. The first-order valence-electron chi connectivity index (χ1n) is 9.28. The molecule has 0 aliphatic heterocycles. The highest BCUT2D eigenvalue weighted by molar-refractivity contribution is 5.59. The van der Waals surface area contributed by atoms with E-state index in [2.05, 4.69) is 55.2 Å². The van der Waals surface area contributed by atoms with Crippen molar-refractivity contribution in [1.29, 1.82) is 0 Å². The van der Waals surface area contributed by atoms with Crippen LogP contribution in [0.2, 0.25) is 0 Å². The van der Waals surface area contributed by atoms with E-state index in [4.69, 9.17) is 4.74 Å². The van der Waals surface area contributed by atoms with Gasteiger partial charge in [0.25, 0.3) is 0 Å². The van der Waals surface area contributed by atoms with Gasteiger partial charge in [-0.1, -0.05) is 46.5 Å². The van der Waals surface area contributed by atoms with Gasteiger partial charge < -0.3 is 4.74 Å². The highest BCUT2D eigenvalue weighted by Gasteiger charge is 2.04. The van der Waals surface area contributed by atoms with Gasteiger partial charge in [0, 0.05) is 5.56 Å². The van der Waals surface area contributed by atoms with Crippen LogP contribution in [0.1, 0.15) is 58.6 Å². The maximum Gasteiger partial charge on any atom is 0.119 e. The van der Waals surface area contributed by atoms with Gasteiger partial charge in [-0.15, -0.1) is 0 Å². The minimum atomic E-state index is 0.584. The Morgan fingerprint density at radius 3 is 2.33 bits per heavy atom. The van der Waals surface area contributed by atoms with E-state index in [-0.39, 0.29) is 0 Å². The molecule has 0 amide bonds. The van der Waals surface area contributed by atoms with Gasteiger partial charge in [0.15, 0.2) is 0 Å². The average Bonchev–Trinajstić information content (AvgIpc) is 2.64. The topological polar surface area (TPSA) is 35.0 Å². The van der Waals surface area contributed by atoms with E-state index in [1.807, 2.05) is 12.1 Å². The molecule has 24 heavy (non-hydrogen) atoms. The smallest absolute Gasteiger partial charge is 0.119 e. The second-order valence-electron chi connectivity index (χ2n) is 6.57. The third-order valence-electron chi connectivity index (χ3n) is 4.39. The zero-order chi connectivity index (χ0) is 17.2. The summed E-state index contributed by atoms with van der Waals surface area (Å²) in [5.41, 5.74) is 3.08. The Bertz CT molecular complexity index is 578. The van der Waals surface area contributed by atoms with E-state index in [0.29, 0.717) is 5.92 Å². The fourth-order valence-electron chi connectivity index (χ4n) is 2.46. The van der Waals surface area contributed by atoms with Gasteiger partial charge in [-0.3, -0.25) is 0 Å². The molecule has 0 aliphatic carbocycles. The lowest BCUT2D eigenvalue weighted by molar-refractivity contribution is 0.256. The summed E-state index contributed by atoms with van der Waals surface area (Å²) < 4.78 is 5.80. The van der Waals surface area contributed by atoms with Gasteiger partial charge >= 0.3 is 0 Å². The number of hydrogen-bond donors (Lipinski definition) is 0. The molecule has 1 unspecified atom stereocenters. The molecule has 3 heteroatoms. The van der Waals surface area contributed by atoms with E-state index in [1.54, 1.807) is 0 Å². The fourth-order valence-corrected chi connectivity index (χ4v) is 2.46. The van der Waals surface area contributed by atoms with Crippen LogP contribution in [-0.4, -0.2) is 16.8 Å². The molecule has 0 saturated carbocycles. The van der Waals surface area contributed by atoms with Crippen molar-refractivity contribution in [2.45, 2.75) is 59.3 Å². The molecule has 1 heterocycles. The lowest BCUT2D eigenvalue weighted by Gasteiger charge is -2.11. The average molecular weight is 326 g/mol. The van der Waals surface area contributed by atoms with Crippen molar-refractivity contribution in [3.8, 4) is 17.0 Å². The summed E-state index contributed by atoms with van der Waals surface area (Å²) in [5, 5.41) is 8.74. The van der Waals surface area contributed by atoms with Crippen LogP contribution in [0.5, 0.6) is 5.75 Å². The molecule has 3 nitrogen and oxygen atoms in total. The number of unbranched alkanes of at least 4 members (excludes halogenated alkanes) is 3. The summed E-state index contributed by atoms with van der Waals surface area (Å²) in [6.07, 6.45) is 7.20. The third kappa shape index (κ3) is 5.95. The fraction of sp³-hybridized carbons (Fsp3) is 0.524. The number of ether oxygens (including phenoxy) is 1. The summed E-state index contributed by atoms with van der Waals surface area (Å²) in [7, 11) is 0. The molecule has 0 spiro atoms. The van der Waals surface area contributed by atoms with Crippen molar-refractivity contribution in [1.82, 2.24) is 10.2 Å². The quantitative estimate of drug-likeness (QED) is 0.526. The Morgan fingerprint density at radius 1 is 0.917 bits per heavy atom. The van der Waals surface area contributed by atoms with Gasteiger partial charge in [0.1, 0.15) is 5.75 Å². The largest absolute Gasteiger partial charge is 0.493 e. The molecule has 0 radical (unpaired) electrons. The predicted molar refractivity (Wildman–Crippen MR) is 100 cm³/mol. The summed E-state index contributed by atoms with van der Waals surface area (Å²) in [4.78, 5) is 0. The van der Waals surface area contributed by atoms with Crippen LogP contribution in [0.15, 0.2) is 36.4 Å². The Hall–Kier alpha value is -1.90. The minimum Gasteiger partial charge on any atom is -0.493 e. The number of benzene rings is 1. The second kappa shape index (κ2) is 10.1. The number of aromatic nitrogens is 2. The van der Waals surface area contributed by atoms with Crippen LogP contribution < -0.4 is 4.74 Å². The standard InChI is InChI=1S/C21H30N2O/c1-4-6-7-8-9-19-12-15-21(23-22-19)18-10-13-20(14-11-18)24-16-17(3)5-2/h10-15,17H,4-9,16H2,1-3H3. The van der Waals surface area contributed by atoms with Gasteiger partial charge in [-0.05, 0) is 55.2 Å². The first-order valence-corrected chi connectivity index (χ1v) is 9.28. The van der Waals surface area contributed by atoms with Crippen molar-refractivity contribution in [2.24, 2.45) is 5.92 Å². The predicted octanol–water partition coefficient (Wildman–Crippen LogP) is 5.69. The Kier molecular flexibility index (Phi) is 7.73. The number of rotatable bonds is 10. The summed E-state index contributed by atoms with van der Waals surface area (Å²) in [6, 6.07) is 12.3. The maximum atomic E-state index is 5.80. The molecule has 0 N–H and O–H groups in total. The third-order valence-corrected chi connectivity index (χ3v) is 4.39. The van der Waals surface area contributed by atoms with Crippen LogP contribution in [-0.2, 0) is 6.42 Å². The summed E-state index contributed by atoms with van der Waals surface area (Å²) in [5.74, 6) is 1.50. The van der Waals surface area contributed by atoms with Crippen molar-refractivity contribution < 1.29 is 4.74 Å². The molecule has 0 bridgehead atoms. The van der Waals surface area contributed by atoms with Crippen LogP contribution in [0.25, 0.3) is 11.3 Å². The Morgan fingerprint density at radius 2 is 1.71 bits per heavy atom. The van der Waals surface area contributed by atoms with Crippen molar-refractivity contribution >= 4 is 0 Å². The van der Waals surface area contributed by atoms with Crippen LogP contribution in [0.3, 0.4) is 0 Å². The Labute approximate surface area is 146 Å². The zero-order valence-electron chi connectivity index (χ0n) is 15.3. The summed E-state index contributed by atoms with van der Waals surface area (Å²) in [6.45, 7) is 7.38. The number of aryl methyl sites for hydroxylation is 1. The van der Waals surface area contributed by atoms with Gasteiger partial charge in [0.05, 0.1) is 18.0 Å². The van der Waals surface area contributed by atoms with E-state index in [0.717, 1.165) is 42.1 Å². The van der Waals surface area contributed by atoms with E-state index in [9.17, 15) is 0 Å². The molecule has 0 aliphatic rings. The van der Waals surface area contributed by atoms with Crippen LogP contribution >= 0.6 is 0 Å². The Balaban J connectivity index is 1.89. The van der Waals surface area contributed by atoms with Crippen molar-refractivity contribution in [3.63, 3.8) is 0 Å². The van der Waals surface area contributed by atoms with Crippen LogP contribution in [0, 0.1) is 5.92 Å². The molecule has 0 saturated heterocycles. The SMILES string of the molecule is CCCCCCc1ccc(-c2ccc(OCC(C)CC)cc2)nn1. The highest BCUT2D eigenvalue weighted by Crippen LogP contribution is 2.21. The van der Waals surface area contributed by atoms with Gasteiger partial charge in [-0.25, -0.2) is 0 Å². The van der Waals surface area contributed by atoms with Gasteiger partial charge in [0.2, 0.25) is 0 Å². The maximum absolute atomic E-state index is 5.80. The molecular formula is C21H30N2O. The molecule has 130 valence electrons. The van der Waals surface area contributed by atoms with E-state index >= 15 is 0 Å². The first kappa shape index (κ1) is 18.4. The molecule has 1 aromatic heterocycles. The van der Waals surface area contributed by atoms with Gasteiger partial charge in [-0.2, -0.15) is 10.2 Å². The van der Waals surface area contributed by atoms with E-state index in [1.165, 1.54) is 25.7 Å². The molecule has 2 rings (SSSR count). The molecule has 1 aromatic carbocycles.